The largest absolute Gasteiger partial charge is 0.378 e. The van der Waals surface area contributed by atoms with Crippen molar-refractivity contribution in [3.63, 3.8) is 0 Å². The van der Waals surface area contributed by atoms with Gasteiger partial charge in [-0.1, -0.05) is 6.92 Å². The highest BCUT2D eigenvalue weighted by Crippen LogP contribution is 2.21. The zero-order valence-corrected chi connectivity index (χ0v) is 17.5. The second-order valence-corrected chi connectivity index (χ2v) is 7.70. The quantitative estimate of drug-likeness (QED) is 0.577. The minimum atomic E-state index is -0.185. The third-order valence-electron chi connectivity index (χ3n) is 5.48. The van der Waals surface area contributed by atoms with Gasteiger partial charge in [0.2, 0.25) is 0 Å². The Morgan fingerprint density at radius 1 is 1.30 bits per heavy atom. The number of carbonyl (C=O) groups is 1. The van der Waals surface area contributed by atoms with Crippen LogP contribution in [0.2, 0.25) is 0 Å². The average molecular weight is 406 g/mol. The summed E-state index contributed by atoms with van der Waals surface area (Å²) in [7, 11) is 1.60. The lowest BCUT2D eigenvalue weighted by Crippen LogP contribution is -2.54. The molecule has 3 N–H and O–H groups in total. The first-order valence-electron chi connectivity index (χ1n) is 10.2. The molecule has 0 saturated carbocycles. The van der Waals surface area contributed by atoms with Gasteiger partial charge in [-0.3, -0.25) is 19.5 Å². The molecule has 8 heteroatoms. The molecule has 0 radical (unpaired) electrons. The van der Waals surface area contributed by atoms with E-state index in [1.165, 1.54) is 0 Å². The number of anilines is 1. The third-order valence-corrected chi connectivity index (χ3v) is 5.48. The van der Waals surface area contributed by atoms with E-state index in [1.54, 1.807) is 13.1 Å². The van der Waals surface area contributed by atoms with Crippen molar-refractivity contribution < 1.29 is 4.79 Å². The Bertz CT molecular complexity index is 1150. The van der Waals surface area contributed by atoms with Gasteiger partial charge in [0.1, 0.15) is 5.69 Å². The van der Waals surface area contributed by atoms with Gasteiger partial charge >= 0.3 is 0 Å². The molecular formula is C22H26N6O2. The third kappa shape index (κ3) is 4.04. The summed E-state index contributed by atoms with van der Waals surface area (Å²) >= 11 is 0. The van der Waals surface area contributed by atoms with E-state index in [4.69, 9.17) is 0 Å². The van der Waals surface area contributed by atoms with E-state index in [0.29, 0.717) is 18.2 Å². The number of likely N-dealkylation sites (tertiary alicyclic amines) is 1. The molecule has 3 aromatic rings. The van der Waals surface area contributed by atoms with Crippen LogP contribution in [0.25, 0.3) is 11.0 Å². The number of aryl methyl sites for hydroxylation is 2. The van der Waals surface area contributed by atoms with E-state index in [-0.39, 0.29) is 11.5 Å². The van der Waals surface area contributed by atoms with Gasteiger partial charge in [-0.15, -0.1) is 0 Å². The Hall–Kier alpha value is -3.26. The summed E-state index contributed by atoms with van der Waals surface area (Å²) in [5.74, 6) is -0.185. The Morgan fingerprint density at radius 2 is 2.10 bits per heavy atom. The number of pyridine rings is 3. The number of nitrogens with zero attached hydrogens (tertiary/aromatic N) is 3. The van der Waals surface area contributed by atoms with Crippen LogP contribution in [-0.2, 0) is 13.0 Å². The van der Waals surface area contributed by atoms with Crippen LogP contribution in [0, 0.1) is 6.92 Å². The Morgan fingerprint density at radius 3 is 2.80 bits per heavy atom. The van der Waals surface area contributed by atoms with Gasteiger partial charge in [0, 0.05) is 38.4 Å². The predicted molar refractivity (Wildman–Crippen MR) is 117 cm³/mol. The molecule has 1 aliphatic heterocycles. The van der Waals surface area contributed by atoms with Gasteiger partial charge in [0.05, 0.1) is 28.5 Å². The van der Waals surface area contributed by atoms with Crippen molar-refractivity contribution in [2.24, 2.45) is 0 Å². The summed E-state index contributed by atoms with van der Waals surface area (Å²) in [6.07, 6.45) is 2.58. The van der Waals surface area contributed by atoms with Gasteiger partial charge in [0.15, 0.2) is 0 Å². The number of aromatic nitrogens is 3. The molecule has 1 amide bonds. The molecule has 0 bridgehead atoms. The molecular weight excluding hydrogens is 380 g/mol. The molecule has 30 heavy (non-hydrogen) atoms. The van der Waals surface area contributed by atoms with Crippen molar-refractivity contribution in [3.05, 3.63) is 63.3 Å². The van der Waals surface area contributed by atoms with Gasteiger partial charge in [-0.25, -0.2) is 4.98 Å². The van der Waals surface area contributed by atoms with Gasteiger partial charge in [-0.2, -0.15) is 0 Å². The highest BCUT2D eigenvalue weighted by atomic mass is 16.1. The number of H-pyrrole nitrogens is 1. The van der Waals surface area contributed by atoms with E-state index < -0.39 is 0 Å². The van der Waals surface area contributed by atoms with Crippen LogP contribution >= 0.6 is 0 Å². The fraction of sp³-hybridized carbons (Fsp3) is 0.364. The normalized spacial score (nSPS) is 14.5. The standard InChI is InChI=1S/C22H26N6O2/c1-4-15-8-19-20(27-21(15)29)7-14(9-24-19)10-28-11-16(12-28)26-17-5-6-18(22(30)23-3)25-13(17)2/h5-9,16,26H,4,10-12H2,1-3H3,(H,23,30)(H,27,29). The highest BCUT2D eigenvalue weighted by Gasteiger charge is 2.27. The zero-order chi connectivity index (χ0) is 21.3. The Kier molecular flexibility index (Phi) is 5.50. The number of hydrogen-bond acceptors (Lipinski definition) is 6. The lowest BCUT2D eigenvalue weighted by Gasteiger charge is -2.40. The number of carbonyl (C=O) groups excluding carboxylic acids is 1. The zero-order valence-electron chi connectivity index (χ0n) is 17.5. The molecule has 1 aliphatic rings. The number of amides is 1. The average Bonchev–Trinajstić information content (AvgIpc) is 2.72. The smallest absolute Gasteiger partial charge is 0.269 e. The minimum Gasteiger partial charge on any atom is -0.378 e. The molecule has 0 unspecified atom stereocenters. The molecule has 8 nitrogen and oxygen atoms in total. The monoisotopic (exact) mass is 406 g/mol. The summed E-state index contributed by atoms with van der Waals surface area (Å²) in [6, 6.07) is 7.85. The molecule has 1 saturated heterocycles. The number of hydrogen-bond donors (Lipinski definition) is 3. The minimum absolute atomic E-state index is 0.0384. The fourth-order valence-electron chi connectivity index (χ4n) is 3.75. The van der Waals surface area contributed by atoms with Crippen molar-refractivity contribution in [2.75, 3.05) is 25.5 Å². The van der Waals surface area contributed by atoms with Gasteiger partial charge < -0.3 is 15.6 Å². The SMILES string of the molecule is CCc1cc2ncc(CN3CC(Nc4ccc(C(=O)NC)nc4C)C3)cc2[nH]c1=O. The second kappa shape index (κ2) is 8.23. The molecule has 1 fully saturated rings. The summed E-state index contributed by atoms with van der Waals surface area (Å²) < 4.78 is 0. The number of rotatable bonds is 6. The molecule has 0 aromatic carbocycles. The molecule has 0 atom stereocenters. The van der Waals surface area contributed by atoms with Crippen molar-refractivity contribution in [3.8, 4) is 0 Å². The molecule has 0 spiro atoms. The van der Waals surface area contributed by atoms with Crippen LogP contribution in [-0.4, -0.2) is 51.9 Å². The van der Waals surface area contributed by atoms with Crippen molar-refractivity contribution in [1.82, 2.24) is 25.2 Å². The lowest BCUT2D eigenvalue weighted by atomic mass is 10.1. The van der Waals surface area contributed by atoms with Gasteiger partial charge in [-0.05, 0) is 43.2 Å². The maximum Gasteiger partial charge on any atom is 0.269 e. The van der Waals surface area contributed by atoms with E-state index in [0.717, 1.165) is 53.2 Å². The van der Waals surface area contributed by atoms with E-state index in [2.05, 4.69) is 30.5 Å². The maximum atomic E-state index is 12.1. The fourth-order valence-corrected chi connectivity index (χ4v) is 3.75. The summed E-state index contributed by atoms with van der Waals surface area (Å²) in [4.78, 5) is 37.9. The van der Waals surface area contributed by atoms with Crippen molar-refractivity contribution in [1.29, 1.82) is 0 Å². The van der Waals surface area contributed by atoms with Crippen LogP contribution in [0.4, 0.5) is 5.69 Å². The number of aromatic amines is 1. The maximum absolute atomic E-state index is 12.1. The topological polar surface area (TPSA) is 103 Å². The predicted octanol–water partition coefficient (Wildman–Crippen LogP) is 1.84. The van der Waals surface area contributed by atoms with Gasteiger partial charge in [0.25, 0.3) is 11.5 Å². The van der Waals surface area contributed by atoms with Crippen LogP contribution in [0.3, 0.4) is 0 Å². The highest BCUT2D eigenvalue weighted by molar-refractivity contribution is 5.92. The first-order valence-corrected chi connectivity index (χ1v) is 10.2. The molecule has 156 valence electrons. The van der Waals surface area contributed by atoms with Crippen LogP contribution < -0.4 is 16.2 Å². The summed E-state index contributed by atoms with van der Waals surface area (Å²) in [5.41, 5.74) is 5.57. The van der Waals surface area contributed by atoms with Crippen LogP contribution in [0.15, 0.2) is 35.3 Å². The summed E-state index contributed by atoms with van der Waals surface area (Å²) in [6.45, 7) is 6.45. The molecule has 3 aromatic heterocycles. The van der Waals surface area contributed by atoms with E-state index in [9.17, 15) is 9.59 Å². The first kappa shape index (κ1) is 20.0. The van der Waals surface area contributed by atoms with Crippen molar-refractivity contribution in [2.45, 2.75) is 32.9 Å². The number of nitrogens with one attached hydrogen (secondary N) is 3. The molecule has 4 heterocycles. The molecule has 4 rings (SSSR count). The molecule has 0 aliphatic carbocycles. The Labute approximate surface area is 174 Å². The van der Waals surface area contributed by atoms with Crippen LogP contribution in [0.1, 0.15) is 34.2 Å². The van der Waals surface area contributed by atoms with Crippen molar-refractivity contribution >= 4 is 22.6 Å². The first-order chi connectivity index (χ1) is 14.5. The summed E-state index contributed by atoms with van der Waals surface area (Å²) in [5, 5.41) is 6.08. The van der Waals surface area contributed by atoms with E-state index in [1.807, 2.05) is 38.2 Å². The Balaban J connectivity index is 1.36. The van der Waals surface area contributed by atoms with Crippen LogP contribution in [0.5, 0.6) is 0 Å². The van der Waals surface area contributed by atoms with E-state index >= 15 is 0 Å². The number of fused-ring (bicyclic) bond motifs is 1. The lowest BCUT2D eigenvalue weighted by molar-refractivity contribution is 0.0958. The second-order valence-electron chi connectivity index (χ2n) is 7.70.